The van der Waals surface area contributed by atoms with E-state index in [9.17, 15) is 4.39 Å². The number of nitrogen functional groups attached to an aromatic ring is 1. The molecule has 3 heteroatoms. The number of hydrogen-bond acceptors (Lipinski definition) is 2. The van der Waals surface area contributed by atoms with Crippen LogP contribution in [0.1, 0.15) is 10.4 Å². The van der Waals surface area contributed by atoms with Crippen molar-refractivity contribution < 1.29 is 4.39 Å². The smallest absolute Gasteiger partial charge is 0.124 e. The van der Waals surface area contributed by atoms with Gasteiger partial charge in [-0.15, -0.1) is 11.3 Å². The van der Waals surface area contributed by atoms with Crippen molar-refractivity contribution in [2.75, 3.05) is 5.73 Å². The third-order valence-corrected chi connectivity index (χ3v) is 3.49. The maximum absolute atomic E-state index is 13.1. The van der Waals surface area contributed by atoms with Crippen molar-refractivity contribution in [3.8, 4) is 10.4 Å². The summed E-state index contributed by atoms with van der Waals surface area (Å²) in [6, 6.07) is 6.58. The van der Waals surface area contributed by atoms with Crippen LogP contribution in [-0.4, -0.2) is 0 Å². The molecule has 0 bridgehead atoms. The molecule has 15 heavy (non-hydrogen) atoms. The van der Waals surface area contributed by atoms with Gasteiger partial charge in [0.05, 0.1) is 0 Å². The Hall–Kier alpha value is -1.35. The highest BCUT2D eigenvalue weighted by molar-refractivity contribution is 7.15. The minimum atomic E-state index is -0.246. The first-order valence-electron chi connectivity index (χ1n) is 4.70. The molecule has 0 aliphatic rings. The Morgan fingerprint density at radius 3 is 2.53 bits per heavy atom. The van der Waals surface area contributed by atoms with E-state index >= 15 is 0 Å². The largest absolute Gasteiger partial charge is 0.398 e. The van der Waals surface area contributed by atoms with Crippen molar-refractivity contribution in [1.82, 2.24) is 0 Å². The highest BCUT2D eigenvalue weighted by Gasteiger charge is 2.09. The summed E-state index contributed by atoms with van der Waals surface area (Å²) in [6.07, 6.45) is 0. The van der Waals surface area contributed by atoms with E-state index in [0.29, 0.717) is 5.69 Å². The van der Waals surface area contributed by atoms with Crippen molar-refractivity contribution in [2.24, 2.45) is 0 Å². The van der Waals surface area contributed by atoms with Gasteiger partial charge >= 0.3 is 0 Å². The van der Waals surface area contributed by atoms with Gasteiger partial charge in [-0.25, -0.2) is 4.39 Å². The second-order valence-corrected chi connectivity index (χ2v) is 4.86. The van der Waals surface area contributed by atoms with Gasteiger partial charge in [0.1, 0.15) is 5.82 Å². The Morgan fingerprint density at radius 1 is 1.20 bits per heavy atom. The van der Waals surface area contributed by atoms with E-state index in [1.165, 1.54) is 17.0 Å². The summed E-state index contributed by atoms with van der Waals surface area (Å²) >= 11 is 1.64. The zero-order chi connectivity index (χ0) is 11.0. The maximum Gasteiger partial charge on any atom is 0.124 e. The second kappa shape index (κ2) is 3.66. The molecule has 2 aromatic rings. The molecule has 0 aliphatic heterocycles. The van der Waals surface area contributed by atoms with Gasteiger partial charge in [-0.3, -0.25) is 0 Å². The normalized spacial score (nSPS) is 10.6. The Kier molecular flexibility index (Phi) is 2.49. The van der Waals surface area contributed by atoms with E-state index in [2.05, 4.69) is 6.07 Å². The molecule has 1 aromatic carbocycles. The summed E-state index contributed by atoms with van der Waals surface area (Å²) < 4.78 is 13.1. The molecule has 0 unspecified atom stereocenters. The van der Waals surface area contributed by atoms with Gasteiger partial charge < -0.3 is 5.73 Å². The molecule has 0 amide bonds. The van der Waals surface area contributed by atoms with Crippen molar-refractivity contribution in [3.63, 3.8) is 0 Å². The highest BCUT2D eigenvalue weighted by Crippen LogP contribution is 2.35. The van der Waals surface area contributed by atoms with E-state index in [1.54, 1.807) is 17.4 Å². The number of thiophene rings is 1. The van der Waals surface area contributed by atoms with Gasteiger partial charge in [-0.1, -0.05) is 0 Å². The SMILES string of the molecule is Cc1cc(C)c(-c2cc(F)ccc2N)s1. The van der Waals surface area contributed by atoms with Crippen molar-refractivity contribution >= 4 is 17.0 Å². The molecule has 0 spiro atoms. The van der Waals surface area contributed by atoms with Crippen LogP contribution < -0.4 is 5.73 Å². The Labute approximate surface area is 92.4 Å². The van der Waals surface area contributed by atoms with Crippen LogP contribution in [0.25, 0.3) is 10.4 Å². The highest BCUT2D eigenvalue weighted by atomic mass is 32.1. The van der Waals surface area contributed by atoms with E-state index in [1.807, 2.05) is 13.8 Å². The fraction of sp³-hybridized carbons (Fsp3) is 0.167. The third-order valence-electron chi connectivity index (χ3n) is 2.30. The molecule has 0 saturated heterocycles. The molecule has 2 N–H and O–H groups in total. The Morgan fingerprint density at radius 2 is 1.93 bits per heavy atom. The fourth-order valence-electron chi connectivity index (χ4n) is 1.63. The van der Waals surface area contributed by atoms with E-state index in [0.717, 1.165) is 16.0 Å². The molecular formula is C12H12FNS. The molecule has 0 radical (unpaired) electrons. The van der Waals surface area contributed by atoms with Crippen LogP contribution in [0.3, 0.4) is 0 Å². The van der Waals surface area contributed by atoms with Gasteiger partial charge in [-0.05, 0) is 43.7 Å². The summed E-state index contributed by atoms with van der Waals surface area (Å²) in [4.78, 5) is 2.27. The summed E-state index contributed by atoms with van der Waals surface area (Å²) in [5.74, 6) is -0.246. The monoisotopic (exact) mass is 221 g/mol. The van der Waals surface area contributed by atoms with Crippen LogP contribution in [0.5, 0.6) is 0 Å². The topological polar surface area (TPSA) is 26.0 Å². The van der Waals surface area contributed by atoms with Crippen LogP contribution in [0.15, 0.2) is 24.3 Å². The molecule has 1 aromatic heterocycles. The average molecular weight is 221 g/mol. The fourth-order valence-corrected chi connectivity index (χ4v) is 2.70. The number of benzene rings is 1. The molecule has 1 nitrogen and oxygen atoms in total. The molecule has 0 aliphatic carbocycles. The minimum absolute atomic E-state index is 0.246. The lowest BCUT2D eigenvalue weighted by atomic mass is 10.1. The zero-order valence-corrected chi connectivity index (χ0v) is 9.49. The van der Waals surface area contributed by atoms with Gasteiger partial charge in [0.2, 0.25) is 0 Å². The maximum atomic E-state index is 13.1. The second-order valence-electron chi connectivity index (χ2n) is 3.60. The lowest BCUT2D eigenvalue weighted by Crippen LogP contribution is -1.90. The van der Waals surface area contributed by atoms with Crippen LogP contribution >= 0.6 is 11.3 Å². The van der Waals surface area contributed by atoms with Gasteiger partial charge in [0.15, 0.2) is 0 Å². The molecule has 1 heterocycles. The van der Waals surface area contributed by atoms with Crippen LogP contribution in [0, 0.1) is 19.7 Å². The summed E-state index contributed by atoms with van der Waals surface area (Å²) in [5, 5.41) is 0. The minimum Gasteiger partial charge on any atom is -0.398 e. The van der Waals surface area contributed by atoms with Crippen molar-refractivity contribution in [2.45, 2.75) is 13.8 Å². The quantitative estimate of drug-likeness (QED) is 0.729. The van der Waals surface area contributed by atoms with E-state index in [-0.39, 0.29) is 5.82 Å². The van der Waals surface area contributed by atoms with E-state index < -0.39 is 0 Å². The van der Waals surface area contributed by atoms with Gasteiger partial charge in [0.25, 0.3) is 0 Å². The summed E-state index contributed by atoms with van der Waals surface area (Å²) in [5.41, 5.74) is 8.41. The zero-order valence-electron chi connectivity index (χ0n) is 8.67. The Balaban J connectivity index is 2.62. The average Bonchev–Trinajstić information content (AvgIpc) is 2.50. The van der Waals surface area contributed by atoms with Crippen LogP contribution in [0.4, 0.5) is 10.1 Å². The standard InChI is InChI=1S/C12H12FNS/c1-7-5-8(2)15-12(7)10-6-9(13)3-4-11(10)14/h3-6H,14H2,1-2H3. The predicted octanol–water partition coefficient (Wildman–Crippen LogP) is 3.75. The van der Waals surface area contributed by atoms with Crippen molar-refractivity contribution in [1.29, 1.82) is 0 Å². The third kappa shape index (κ3) is 1.88. The molecule has 2 rings (SSSR count). The summed E-state index contributed by atoms with van der Waals surface area (Å²) in [6.45, 7) is 4.06. The Bertz CT molecular complexity index is 502. The number of hydrogen-bond donors (Lipinski definition) is 1. The lowest BCUT2D eigenvalue weighted by Gasteiger charge is -2.04. The molecular weight excluding hydrogens is 209 g/mol. The first-order valence-corrected chi connectivity index (χ1v) is 5.52. The number of anilines is 1. The molecule has 0 saturated carbocycles. The van der Waals surface area contributed by atoms with E-state index in [4.69, 9.17) is 5.73 Å². The first kappa shape index (κ1) is 10.2. The molecule has 0 atom stereocenters. The lowest BCUT2D eigenvalue weighted by molar-refractivity contribution is 0.628. The molecule has 0 fully saturated rings. The van der Waals surface area contributed by atoms with Crippen LogP contribution in [-0.2, 0) is 0 Å². The van der Waals surface area contributed by atoms with Crippen molar-refractivity contribution in [3.05, 3.63) is 40.5 Å². The number of halogens is 1. The van der Waals surface area contributed by atoms with Gasteiger partial charge in [-0.2, -0.15) is 0 Å². The first-order chi connectivity index (χ1) is 7.08. The van der Waals surface area contributed by atoms with Gasteiger partial charge in [0, 0.05) is 21.0 Å². The predicted molar refractivity (Wildman–Crippen MR) is 63.6 cm³/mol. The number of rotatable bonds is 1. The summed E-state index contributed by atoms with van der Waals surface area (Å²) in [7, 11) is 0. The number of aryl methyl sites for hydroxylation is 2. The number of nitrogens with two attached hydrogens (primary N) is 1. The van der Waals surface area contributed by atoms with Crippen LogP contribution in [0.2, 0.25) is 0 Å². The molecule has 78 valence electrons.